The standard InChI is InChI=1S/C21H21F4N3S/c1-15-11-17(22)18(12-20(15)29-14-21(23,24)25)27-7-9-28(10-8-27)19(13-26)16-5-3-2-4-6-16/h2-6,11-12,19H,7-10,14H2,1H3. The molecule has 0 spiro atoms. The summed E-state index contributed by atoms with van der Waals surface area (Å²) < 4.78 is 52.2. The van der Waals surface area contributed by atoms with Crippen LogP contribution < -0.4 is 4.90 Å². The lowest BCUT2D eigenvalue weighted by molar-refractivity contribution is -0.105. The average molecular weight is 423 g/mol. The number of nitriles is 1. The molecule has 0 aliphatic carbocycles. The Morgan fingerprint density at radius 2 is 1.76 bits per heavy atom. The lowest BCUT2D eigenvalue weighted by Gasteiger charge is -2.38. The molecule has 3 nitrogen and oxygen atoms in total. The van der Waals surface area contributed by atoms with Crippen molar-refractivity contribution in [1.29, 1.82) is 5.26 Å². The maximum atomic E-state index is 14.5. The third-order valence-electron chi connectivity index (χ3n) is 4.89. The van der Waals surface area contributed by atoms with E-state index in [1.165, 1.54) is 12.1 Å². The van der Waals surface area contributed by atoms with E-state index in [1.54, 1.807) is 6.92 Å². The molecule has 0 radical (unpaired) electrons. The maximum absolute atomic E-state index is 14.5. The number of hydrogen-bond acceptors (Lipinski definition) is 4. The fourth-order valence-electron chi connectivity index (χ4n) is 3.42. The Balaban J connectivity index is 1.71. The Labute approximate surface area is 171 Å². The number of hydrogen-bond donors (Lipinski definition) is 0. The number of anilines is 1. The van der Waals surface area contributed by atoms with Gasteiger partial charge in [-0.2, -0.15) is 18.4 Å². The quantitative estimate of drug-likeness (QED) is 0.490. The van der Waals surface area contributed by atoms with Crippen LogP contribution in [-0.2, 0) is 0 Å². The van der Waals surface area contributed by atoms with Gasteiger partial charge in [0.2, 0.25) is 0 Å². The Morgan fingerprint density at radius 3 is 2.34 bits per heavy atom. The van der Waals surface area contributed by atoms with E-state index < -0.39 is 17.7 Å². The summed E-state index contributed by atoms with van der Waals surface area (Å²) in [5.74, 6) is -1.44. The highest BCUT2D eigenvalue weighted by Gasteiger charge is 2.29. The van der Waals surface area contributed by atoms with E-state index in [-0.39, 0.29) is 6.04 Å². The number of alkyl halides is 3. The van der Waals surface area contributed by atoms with Crippen LogP contribution in [0.3, 0.4) is 0 Å². The normalized spacial score (nSPS) is 16.5. The molecule has 1 atom stereocenters. The van der Waals surface area contributed by atoms with Crippen LogP contribution in [0.1, 0.15) is 17.2 Å². The number of benzene rings is 2. The van der Waals surface area contributed by atoms with Gasteiger partial charge in [-0.15, -0.1) is 11.8 Å². The van der Waals surface area contributed by atoms with E-state index in [0.717, 1.165) is 5.56 Å². The summed E-state index contributed by atoms with van der Waals surface area (Å²) >= 11 is 0.675. The predicted octanol–water partition coefficient (Wildman–Crippen LogP) is 5.18. The predicted molar refractivity (Wildman–Crippen MR) is 106 cm³/mol. The van der Waals surface area contributed by atoms with Gasteiger partial charge in [0.25, 0.3) is 0 Å². The molecule has 0 N–H and O–H groups in total. The smallest absolute Gasteiger partial charge is 0.367 e. The van der Waals surface area contributed by atoms with E-state index in [2.05, 4.69) is 6.07 Å². The van der Waals surface area contributed by atoms with Crippen LogP contribution in [0.15, 0.2) is 47.4 Å². The van der Waals surface area contributed by atoms with Crippen LogP contribution in [0.25, 0.3) is 0 Å². The zero-order chi connectivity index (χ0) is 21.0. The third kappa shape index (κ3) is 5.43. The molecule has 1 unspecified atom stereocenters. The molecule has 3 rings (SSSR count). The van der Waals surface area contributed by atoms with Crippen molar-refractivity contribution < 1.29 is 17.6 Å². The molecule has 1 fully saturated rings. The summed E-state index contributed by atoms with van der Waals surface area (Å²) in [6.45, 7) is 3.72. The summed E-state index contributed by atoms with van der Waals surface area (Å²) in [5.41, 5.74) is 1.72. The van der Waals surface area contributed by atoms with Crippen molar-refractivity contribution in [2.75, 3.05) is 36.8 Å². The van der Waals surface area contributed by atoms with Crippen molar-refractivity contribution >= 4 is 17.4 Å². The molecule has 0 saturated carbocycles. The molecule has 0 bridgehead atoms. The first-order valence-corrected chi connectivity index (χ1v) is 10.2. The lowest BCUT2D eigenvalue weighted by atomic mass is 10.1. The molecule has 0 aromatic heterocycles. The fraction of sp³-hybridized carbons (Fsp3) is 0.381. The van der Waals surface area contributed by atoms with E-state index in [0.29, 0.717) is 54.1 Å². The monoisotopic (exact) mass is 423 g/mol. The van der Waals surface area contributed by atoms with Gasteiger partial charge in [0.15, 0.2) is 0 Å². The van der Waals surface area contributed by atoms with Gasteiger partial charge in [0, 0.05) is 31.1 Å². The Morgan fingerprint density at radius 1 is 1.10 bits per heavy atom. The van der Waals surface area contributed by atoms with E-state index in [4.69, 9.17) is 0 Å². The van der Waals surface area contributed by atoms with E-state index in [9.17, 15) is 22.8 Å². The molecular weight excluding hydrogens is 402 g/mol. The van der Waals surface area contributed by atoms with Crippen molar-refractivity contribution in [3.05, 3.63) is 59.4 Å². The molecule has 2 aromatic carbocycles. The zero-order valence-corrected chi connectivity index (χ0v) is 16.7. The van der Waals surface area contributed by atoms with Crippen molar-refractivity contribution in [3.63, 3.8) is 0 Å². The second kappa shape index (κ2) is 9.06. The van der Waals surface area contributed by atoms with Gasteiger partial charge in [0.1, 0.15) is 11.9 Å². The first-order chi connectivity index (χ1) is 13.8. The van der Waals surface area contributed by atoms with Crippen LogP contribution in [0.5, 0.6) is 0 Å². The molecule has 29 heavy (non-hydrogen) atoms. The topological polar surface area (TPSA) is 30.3 Å². The Kier molecular flexibility index (Phi) is 6.70. The highest BCUT2D eigenvalue weighted by Crippen LogP contribution is 2.34. The van der Waals surface area contributed by atoms with Crippen molar-refractivity contribution in [3.8, 4) is 6.07 Å². The van der Waals surface area contributed by atoms with Gasteiger partial charge in [-0.1, -0.05) is 30.3 Å². The molecule has 1 heterocycles. The van der Waals surface area contributed by atoms with Crippen LogP contribution in [0.2, 0.25) is 0 Å². The average Bonchev–Trinajstić information content (AvgIpc) is 2.69. The number of nitrogens with zero attached hydrogens (tertiary/aromatic N) is 3. The van der Waals surface area contributed by atoms with Gasteiger partial charge in [0.05, 0.1) is 17.5 Å². The number of thioether (sulfide) groups is 1. The molecule has 1 aliphatic rings. The van der Waals surface area contributed by atoms with Crippen LogP contribution >= 0.6 is 11.8 Å². The van der Waals surface area contributed by atoms with Crippen molar-refractivity contribution in [2.45, 2.75) is 24.0 Å². The molecule has 154 valence electrons. The molecule has 1 saturated heterocycles. The van der Waals surface area contributed by atoms with Crippen molar-refractivity contribution in [2.24, 2.45) is 0 Å². The highest BCUT2D eigenvalue weighted by atomic mass is 32.2. The van der Waals surface area contributed by atoms with Gasteiger partial charge in [-0.25, -0.2) is 4.39 Å². The fourth-order valence-corrected chi connectivity index (χ4v) is 4.22. The highest BCUT2D eigenvalue weighted by molar-refractivity contribution is 7.99. The Hall–Kier alpha value is -2.24. The van der Waals surface area contributed by atoms with E-state index in [1.807, 2.05) is 40.1 Å². The summed E-state index contributed by atoms with van der Waals surface area (Å²) in [6.07, 6.45) is -4.28. The first kappa shape index (κ1) is 21.5. The van der Waals surface area contributed by atoms with Gasteiger partial charge >= 0.3 is 6.18 Å². The van der Waals surface area contributed by atoms with E-state index >= 15 is 0 Å². The van der Waals surface area contributed by atoms with Crippen LogP contribution in [0, 0.1) is 24.1 Å². The molecular formula is C21H21F4N3S. The largest absolute Gasteiger partial charge is 0.398 e. The lowest BCUT2D eigenvalue weighted by Crippen LogP contribution is -2.47. The van der Waals surface area contributed by atoms with Crippen LogP contribution in [0.4, 0.5) is 23.2 Å². The number of piperazine rings is 1. The van der Waals surface area contributed by atoms with Gasteiger partial charge in [-0.05, 0) is 30.2 Å². The first-order valence-electron chi connectivity index (χ1n) is 9.22. The summed E-state index contributed by atoms with van der Waals surface area (Å²) in [4.78, 5) is 4.31. The minimum absolute atomic E-state index is 0.313. The van der Waals surface area contributed by atoms with Gasteiger partial charge < -0.3 is 4.90 Å². The summed E-state index contributed by atoms with van der Waals surface area (Å²) in [5, 5.41) is 9.59. The number of halogens is 4. The van der Waals surface area contributed by atoms with Crippen LogP contribution in [-0.4, -0.2) is 43.0 Å². The molecule has 1 aliphatic heterocycles. The molecule has 2 aromatic rings. The van der Waals surface area contributed by atoms with Crippen molar-refractivity contribution in [1.82, 2.24) is 4.90 Å². The molecule has 0 amide bonds. The second-order valence-corrected chi connectivity index (χ2v) is 7.96. The number of aryl methyl sites for hydroxylation is 1. The minimum Gasteiger partial charge on any atom is -0.367 e. The second-order valence-electron chi connectivity index (χ2n) is 6.94. The summed E-state index contributed by atoms with van der Waals surface area (Å²) in [7, 11) is 0. The maximum Gasteiger partial charge on any atom is 0.398 e. The van der Waals surface area contributed by atoms with Gasteiger partial charge in [-0.3, -0.25) is 4.90 Å². The molecule has 8 heteroatoms. The third-order valence-corrected chi connectivity index (χ3v) is 6.12. The minimum atomic E-state index is -4.28. The summed E-state index contributed by atoms with van der Waals surface area (Å²) in [6, 6.07) is 14.2. The SMILES string of the molecule is Cc1cc(F)c(N2CCN(C(C#N)c3ccccc3)CC2)cc1SCC(F)(F)F. The number of rotatable bonds is 5. The Bertz CT molecular complexity index is 872. The zero-order valence-electron chi connectivity index (χ0n) is 15.9.